The monoisotopic (exact) mass is 850 g/mol. The molecule has 9 rings (SSSR count). The van der Waals surface area contributed by atoms with E-state index < -0.39 is 0 Å². The van der Waals surface area contributed by atoms with Crippen LogP contribution in [0.3, 0.4) is 0 Å². The normalized spacial score (nSPS) is 16.8. The van der Waals surface area contributed by atoms with Crippen LogP contribution in [0.2, 0.25) is 0 Å². The van der Waals surface area contributed by atoms with Gasteiger partial charge in [0.1, 0.15) is 28.2 Å². The topological polar surface area (TPSA) is 78.7 Å². The Morgan fingerprint density at radius 2 is 0.439 bits per heavy atom. The zero-order chi connectivity index (χ0) is 35.3. The first-order valence-corrected chi connectivity index (χ1v) is 17.9. The largest absolute Gasteiger partial charge is 2.00 e. The number of nitrogens with zero attached hydrogens (tertiary/aromatic N) is 4. The first-order chi connectivity index (χ1) is 25.4. The van der Waals surface area contributed by atoms with E-state index in [2.05, 4.69) is 213 Å². The third-order valence-corrected chi connectivity index (χ3v) is 10.8. The summed E-state index contributed by atoms with van der Waals surface area (Å²) in [6, 6.07) is 36.0. The third-order valence-electron chi connectivity index (χ3n) is 10.8. The number of hydrogen-bond donors (Lipinski definition) is 4. The Balaban J connectivity index is 0.00000171. The van der Waals surface area contributed by atoms with Gasteiger partial charge < -0.3 is 72.4 Å². The van der Waals surface area contributed by atoms with Crippen molar-refractivity contribution in [1.82, 2.24) is 19.9 Å². The molecule has 8 bridgehead atoms. The van der Waals surface area contributed by atoms with E-state index in [1.54, 1.807) is 0 Å². The molecule has 8 aromatic heterocycles. The Morgan fingerprint density at radius 1 is 0.298 bits per heavy atom. The number of aromatic nitrogens is 8. The Kier molecular flexibility index (Phi) is 15.1. The Labute approximate surface area is 377 Å². The van der Waals surface area contributed by atoms with E-state index in [1.807, 2.05) is 0 Å². The van der Waals surface area contributed by atoms with Crippen LogP contribution in [0, 0.1) is 0 Å². The second-order valence-corrected chi connectivity index (χ2v) is 14.4. The van der Waals surface area contributed by atoms with Crippen LogP contribution in [0.1, 0.15) is 94.3 Å². The number of aromatic amines is 4. The quantitative estimate of drug-likeness (QED) is 0.101. The second-order valence-electron chi connectivity index (χ2n) is 14.4. The standard InChI is InChI=1S/C44H44N8.4ClH.Mg.2H/c1-49-21-13-29(14-22-49)41-33-5-7-35(45-33)42(30-15-23-50(2)24-16-30)37-9-11-39(47-37)44(32-19-27-52(4)28-20-32)40-12-10-38(48-40)43(36-8-6-34(41)46-36)31-17-25-51(3)26-18-31;;;;;;;/h5-28,41-48H,1-4H3;4*1H;;;/q+4;;;;;+2;2*-1/p-4. The number of H-pyrrole nitrogens is 4. The third kappa shape index (κ3) is 8.89. The van der Waals surface area contributed by atoms with E-state index in [0.717, 1.165) is 45.6 Å². The molecule has 0 aromatic carbocycles. The van der Waals surface area contributed by atoms with Gasteiger partial charge in [-0.1, -0.05) is 0 Å². The fourth-order valence-electron chi connectivity index (χ4n) is 7.99. The van der Waals surface area contributed by atoms with E-state index in [0.29, 0.717) is 0 Å². The summed E-state index contributed by atoms with van der Waals surface area (Å²) in [4.78, 5) is 15.8. The van der Waals surface area contributed by atoms with Crippen molar-refractivity contribution in [2.45, 2.75) is 23.7 Å². The van der Waals surface area contributed by atoms with Crippen LogP contribution in [0.5, 0.6) is 0 Å². The average Bonchev–Trinajstić information content (AvgIpc) is 3.99. The molecule has 0 radical (unpaired) electrons. The molecule has 0 spiro atoms. The maximum atomic E-state index is 3.95. The molecule has 0 fully saturated rings. The van der Waals surface area contributed by atoms with Gasteiger partial charge >= 0.3 is 23.1 Å². The van der Waals surface area contributed by atoms with Crippen LogP contribution >= 0.6 is 0 Å². The number of pyridine rings is 4. The molecule has 57 heavy (non-hydrogen) atoms. The Bertz CT molecular complexity index is 2080. The molecule has 9 heterocycles. The summed E-state index contributed by atoms with van der Waals surface area (Å²) in [5.41, 5.74) is 14.0. The van der Waals surface area contributed by atoms with Gasteiger partial charge in [0, 0.05) is 94.1 Å². The number of hydrogen-bond acceptors (Lipinski definition) is 0. The summed E-state index contributed by atoms with van der Waals surface area (Å²) >= 11 is 0. The molecule has 0 atom stereocenters. The van der Waals surface area contributed by atoms with Crippen LogP contribution in [0.25, 0.3) is 0 Å². The van der Waals surface area contributed by atoms with Gasteiger partial charge in [-0.2, -0.15) is 0 Å². The SMILES string of the molecule is C[n+]1ccc(C2c3ccc([nH]3)C(c3cc[n+](C)cc3)c3ccc([nH]3)C(c3cc[n+](C)cc3)c3ccc([nH]3)C(c3cc[n+](C)cc3)c3ccc2[nH]3)cc1.[Cl-].[Cl-].[Cl-].[Cl-].[H-].[H-].[Mg+2]. The van der Waals surface area contributed by atoms with Crippen LogP contribution in [0.15, 0.2) is 147 Å². The van der Waals surface area contributed by atoms with E-state index in [9.17, 15) is 0 Å². The van der Waals surface area contributed by atoms with Gasteiger partial charge in [0.05, 0.1) is 23.7 Å². The molecule has 0 saturated carbocycles. The number of aryl methyl sites for hydroxylation is 4. The predicted molar refractivity (Wildman–Crippen MR) is 205 cm³/mol. The first kappa shape index (κ1) is 45.3. The van der Waals surface area contributed by atoms with Crippen LogP contribution < -0.4 is 67.9 Å². The van der Waals surface area contributed by atoms with Crippen molar-refractivity contribution in [1.29, 1.82) is 0 Å². The van der Waals surface area contributed by atoms with Crippen LogP contribution in [-0.4, -0.2) is 43.0 Å². The molecule has 0 amide bonds. The van der Waals surface area contributed by atoms with E-state index >= 15 is 0 Å². The first-order valence-electron chi connectivity index (χ1n) is 17.9. The summed E-state index contributed by atoms with van der Waals surface area (Å²) in [5.74, 6) is -0.103. The summed E-state index contributed by atoms with van der Waals surface area (Å²) in [5, 5.41) is 0. The van der Waals surface area contributed by atoms with Crippen LogP contribution in [-0.2, 0) is 28.2 Å². The van der Waals surface area contributed by atoms with Gasteiger partial charge in [0.2, 0.25) is 0 Å². The molecule has 0 saturated heterocycles. The fraction of sp³-hybridized carbons (Fsp3) is 0.182. The van der Waals surface area contributed by atoms with Gasteiger partial charge in [-0.05, 0) is 70.8 Å². The fourth-order valence-corrected chi connectivity index (χ4v) is 7.99. The molecule has 1 aliphatic rings. The maximum Gasteiger partial charge on any atom is 2.00 e. The number of halogens is 4. The van der Waals surface area contributed by atoms with Gasteiger partial charge in [0.25, 0.3) is 0 Å². The van der Waals surface area contributed by atoms with Crippen molar-refractivity contribution in [2.75, 3.05) is 0 Å². The molecule has 13 heteroatoms. The minimum absolute atomic E-state index is 0. The number of rotatable bonds is 4. The van der Waals surface area contributed by atoms with Crippen molar-refractivity contribution in [3.8, 4) is 0 Å². The molecule has 0 unspecified atom stereocenters. The number of fused-ring (bicyclic) bond motifs is 8. The van der Waals surface area contributed by atoms with Crippen molar-refractivity contribution >= 4 is 23.1 Å². The molecule has 4 N–H and O–H groups in total. The Hall–Kier alpha value is -4.35. The predicted octanol–water partition coefficient (Wildman–Crippen LogP) is -6.81. The maximum absolute atomic E-state index is 3.95. The summed E-state index contributed by atoms with van der Waals surface area (Å²) in [7, 11) is 8.26. The van der Waals surface area contributed by atoms with E-state index in [4.69, 9.17) is 0 Å². The van der Waals surface area contributed by atoms with Gasteiger partial charge in [0.15, 0.2) is 49.6 Å². The van der Waals surface area contributed by atoms with Crippen molar-refractivity contribution in [3.63, 3.8) is 0 Å². The molecular formula is C44H46Cl4MgN8. The molecule has 8 nitrogen and oxygen atoms in total. The van der Waals surface area contributed by atoms with E-state index in [-0.39, 0.29) is 99.2 Å². The molecule has 1 aliphatic heterocycles. The van der Waals surface area contributed by atoms with Gasteiger partial charge in [-0.25, -0.2) is 18.3 Å². The molecule has 0 aliphatic carbocycles. The summed E-state index contributed by atoms with van der Waals surface area (Å²) < 4.78 is 8.35. The molecule has 8 aromatic rings. The smallest absolute Gasteiger partial charge is 1.00 e. The minimum Gasteiger partial charge on any atom is -1.00 e. The van der Waals surface area contributed by atoms with Gasteiger partial charge in [-0.15, -0.1) is 0 Å². The summed E-state index contributed by atoms with van der Waals surface area (Å²) in [6.45, 7) is 0. The van der Waals surface area contributed by atoms with Crippen molar-refractivity contribution in [2.24, 2.45) is 28.2 Å². The van der Waals surface area contributed by atoms with Crippen molar-refractivity contribution < 1.29 is 70.7 Å². The minimum atomic E-state index is -0.0257. The zero-order valence-electron chi connectivity index (χ0n) is 34.2. The summed E-state index contributed by atoms with van der Waals surface area (Å²) in [6.07, 6.45) is 17.0. The van der Waals surface area contributed by atoms with Crippen molar-refractivity contribution in [3.05, 3.63) is 214 Å². The number of nitrogens with one attached hydrogen (secondary N) is 4. The average molecular weight is 853 g/mol. The Morgan fingerprint density at radius 3 is 0.579 bits per heavy atom. The molecule has 292 valence electrons. The van der Waals surface area contributed by atoms with Crippen LogP contribution in [0.4, 0.5) is 0 Å². The van der Waals surface area contributed by atoms with E-state index in [1.165, 1.54) is 22.3 Å². The molecular weight excluding hydrogens is 807 g/mol. The second kappa shape index (κ2) is 18.9. The van der Waals surface area contributed by atoms with Gasteiger partial charge in [-0.3, -0.25) is 0 Å². The zero-order valence-corrected chi connectivity index (χ0v) is 36.6.